The molecule has 4 aliphatic rings. The number of hydrogen-bond acceptors (Lipinski definition) is 6. The van der Waals surface area contributed by atoms with Gasteiger partial charge in [0.15, 0.2) is 11.5 Å². The minimum Gasteiger partial charge on any atom is -0.490 e. The number of nitrogens with zero attached hydrogens (tertiary/aromatic N) is 3. The maximum atomic E-state index is 14.8. The molecule has 1 aromatic carbocycles. The molecule has 0 bridgehead atoms. The van der Waals surface area contributed by atoms with Crippen LogP contribution in [0.5, 0.6) is 5.75 Å². The van der Waals surface area contributed by atoms with Gasteiger partial charge < -0.3 is 24.5 Å². The van der Waals surface area contributed by atoms with Crippen molar-refractivity contribution in [2.24, 2.45) is 23.2 Å². The zero-order valence-electron chi connectivity index (χ0n) is 31.0. The van der Waals surface area contributed by atoms with Crippen LogP contribution < -0.4 is 10.1 Å². The number of carbonyl (C=O) groups is 2. The Morgan fingerprint density at radius 2 is 1.74 bits per heavy atom. The van der Waals surface area contributed by atoms with Gasteiger partial charge in [-0.3, -0.25) is 4.79 Å². The predicted octanol–water partition coefficient (Wildman–Crippen LogP) is 9.24. The average molecular weight is 761 g/mol. The Balaban J connectivity index is 1.24. The summed E-state index contributed by atoms with van der Waals surface area (Å²) in [6.45, 7) is 6.83. The normalized spacial score (nSPS) is 25.6. The lowest BCUT2D eigenvalue weighted by Crippen LogP contribution is -2.63. The topological polar surface area (TPSA) is 116 Å². The van der Waals surface area contributed by atoms with Crippen LogP contribution in [0.15, 0.2) is 30.6 Å². The number of amides is 1. The second-order valence-corrected chi connectivity index (χ2v) is 16.7. The van der Waals surface area contributed by atoms with E-state index in [9.17, 15) is 36.6 Å². The van der Waals surface area contributed by atoms with E-state index in [0.717, 1.165) is 57.9 Å². The standard InChI is InChI=1S/C40H49F5N4O5/c1-23(2)39(36(51)52,25-6-4-5-24(3)17-25)48-35(50)30-19-46-34(47-33(30)40(43,44)45)31-20-49(26-9-15-38(41,42)16-10-26)32-18-28(7-8-29(31)32)54-27-11-13-37(14-12-27)21-53-22-37/h7-8,18-20,23-27H,4-6,9-17,21-22H2,1-3H3,(H,48,50)(H,51,52). The molecule has 1 spiro atoms. The van der Waals surface area contributed by atoms with Gasteiger partial charge in [-0.15, -0.1) is 0 Å². The van der Waals surface area contributed by atoms with Gasteiger partial charge in [-0.1, -0.05) is 33.6 Å². The molecule has 9 nitrogen and oxygen atoms in total. The van der Waals surface area contributed by atoms with Crippen LogP contribution in [0, 0.1) is 23.2 Å². The van der Waals surface area contributed by atoms with E-state index in [0.29, 0.717) is 29.5 Å². The minimum absolute atomic E-state index is 0.0154. The molecule has 54 heavy (non-hydrogen) atoms. The number of ether oxygens (including phenoxy) is 2. The molecule has 2 aromatic heterocycles. The van der Waals surface area contributed by atoms with Gasteiger partial charge in [0.05, 0.1) is 30.4 Å². The number of alkyl halides is 5. The number of fused-ring (bicyclic) bond motifs is 1. The number of carbonyl (C=O) groups excluding carboxylic acids is 1. The number of carboxylic acid groups (broad SMARTS) is 1. The van der Waals surface area contributed by atoms with Gasteiger partial charge in [-0.05, 0) is 81.3 Å². The van der Waals surface area contributed by atoms with Gasteiger partial charge >= 0.3 is 12.1 Å². The fourth-order valence-electron chi connectivity index (χ4n) is 9.47. The quantitative estimate of drug-likeness (QED) is 0.209. The van der Waals surface area contributed by atoms with Crippen molar-refractivity contribution in [3.05, 3.63) is 41.9 Å². The third-order valence-corrected chi connectivity index (χ3v) is 12.7. The first kappa shape index (κ1) is 38.5. The first-order valence-electron chi connectivity index (χ1n) is 19.3. The molecule has 3 saturated carbocycles. The van der Waals surface area contributed by atoms with Crippen LogP contribution in [0.25, 0.3) is 22.3 Å². The van der Waals surface area contributed by atoms with Crippen LogP contribution in [0.4, 0.5) is 22.0 Å². The van der Waals surface area contributed by atoms with E-state index in [1.807, 2.05) is 11.5 Å². The molecule has 14 heteroatoms. The average Bonchev–Trinajstić information content (AvgIpc) is 3.48. The Hall–Kier alpha value is -3.81. The number of aromatic nitrogens is 3. The largest absolute Gasteiger partial charge is 0.490 e. The number of benzene rings is 1. The number of carboxylic acids is 1. The Labute approximate surface area is 311 Å². The molecule has 3 heterocycles. The highest BCUT2D eigenvalue weighted by molar-refractivity contribution is 6.00. The minimum atomic E-state index is -5.09. The Kier molecular flexibility index (Phi) is 10.2. The molecule has 1 amide bonds. The molecule has 2 N–H and O–H groups in total. The van der Waals surface area contributed by atoms with Gasteiger partial charge in [0.1, 0.15) is 11.3 Å². The molecule has 4 fully saturated rings. The van der Waals surface area contributed by atoms with Gasteiger partial charge in [0, 0.05) is 53.7 Å². The molecule has 3 unspecified atom stereocenters. The maximum Gasteiger partial charge on any atom is 0.434 e. The Bertz CT molecular complexity index is 1870. The molecule has 0 radical (unpaired) electrons. The monoisotopic (exact) mass is 760 g/mol. The summed E-state index contributed by atoms with van der Waals surface area (Å²) in [7, 11) is 0. The summed E-state index contributed by atoms with van der Waals surface area (Å²) in [4.78, 5) is 34.9. The van der Waals surface area contributed by atoms with Crippen LogP contribution in [0.3, 0.4) is 0 Å². The third kappa shape index (κ3) is 7.31. The smallest absolute Gasteiger partial charge is 0.434 e. The molecule has 294 valence electrons. The SMILES string of the molecule is CC1CCCC(C(NC(=O)c2cnc(-c3cn(C4CCC(F)(F)CC4)c4cc(OC5CCC6(CC5)COC6)ccc34)nc2C(F)(F)F)(C(=O)O)C(C)C)C1. The zero-order valence-corrected chi connectivity index (χ0v) is 31.0. The van der Waals surface area contributed by atoms with Crippen LogP contribution in [-0.4, -0.2) is 62.3 Å². The summed E-state index contributed by atoms with van der Waals surface area (Å²) >= 11 is 0. The molecule has 1 aliphatic heterocycles. The van der Waals surface area contributed by atoms with Crippen LogP contribution in [0.1, 0.15) is 120 Å². The maximum absolute atomic E-state index is 14.8. The van der Waals surface area contributed by atoms with Crippen molar-refractivity contribution in [1.29, 1.82) is 0 Å². The summed E-state index contributed by atoms with van der Waals surface area (Å²) in [6, 6.07) is 4.93. The van der Waals surface area contributed by atoms with Gasteiger partial charge in [-0.25, -0.2) is 23.5 Å². The molecule has 7 rings (SSSR count). The highest BCUT2D eigenvalue weighted by Gasteiger charge is 2.51. The second-order valence-electron chi connectivity index (χ2n) is 16.7. The van der Waals surface area contributed by atoms with E-state index in [1.165, 1.54) is 0 Å². The number of halogens is 5. The van der Waals surface area contributed by atoms with Crippen molar-refractivity contribution < 1.29 is 46.1 Å². The lowest BCUT2D eigenvalue weighted by Gasteiger charge is -2.46. The molecule has 3 aliphatic carbocycles. The Morgan fingerprint density at radius 1 is 1.04 bits per heavy atom. The summed E-state index contributed by atoms with van der Waals surface area (Å²) < 4.78 is 86.5. The van der Waals surface area contributed by atoms with E-state index < -0.39 is 52.6 Å². The van der Waals surface area contributed by atoms with E-state index in [1.54, 1.807) is 38.2 Å². The van der Waals surface area contributed by atoms with Crippen molar-refractivity contribution in [3.8, 4) is 17.1 Å². The highest BCUT2D eigenvalue weighted by atomic mass is 19.4. The summed E-state index contributed by atoms with van der Waals surface area (Å²) in [5, 5.41) is 13.6. The van der Waals surface area contributed by atoms with Crippen molar-refractivity contribution >= 4 is 22.8 Å². The fraction of sp³-hybridized carbons (Fsp3) is 0.650. The second kappa shape index (κ2) is 14.4. The zero-order chi connectivity index (χ0) is 38.6. The lowest BCUT2D eigenvalue weighted by molar-refractivity contribution is -0.150. The first-order chi connectivity index (χ1) is 25.5. The molecule has 3 atom stereocenters. The van der Waals surface area contributed by atoms with E-state index in [-0.39, 0.29) is 60.5 Å². The van der Waals surface area contributed by atoms with Crippen LogP contribution >= 0.6 is 0 Å². The van der Waals surface area contributed by atoms with Crippen molar-refractivity contribution in [2.45, 2.75) is 128 Å². The Morgan fingerprint density at radius 3 is 2.33 bits per heavy atom. The molecule has 1 saturated heterocycles. The van der Waals surface area contributed by atoms with E-state index in [4.69, 9.17) is 9.47 Å². The predicted molar refractivity (Wildman–Crippen MR) is 190 cm³/mol. The summed E-state index contributed by atoms with van der Waals surface area (Å²) in [5.74, 6) is -5.94. The third-order valence-electron chi connectivity index (χ3n) is 12.7. The highest BCUT2D eigenvalue weighted by Crippen LogP contribution is 2.46. The number of hydrogen-bond donors (Lipinski definition) is 2. The number of nitrogens with one attached hydrogen (secondary N) is 1. The van der Waals surface area contributed by atoms with Crippen molar-refractivity contribution in [2.75, 3.05) is 13.2 Å². The van der Waals surface area contributed by atoms with Crippen molar-refractivity contribution in [3.63, 3.8) is 0 Å². The fourth-order valence-corrected chi connectivity index (χ4v) is 9.47. The van der Waals surface area contributed by atoms with Gasteiger partial charge in [-0.2, -0.15) is 13.2 Å². The first-order valence-corrected chi connectivity index (χ1v) is 19.3. The van der Waals surface area contributed by atoms with E-state index >= 15 is 0 Å². The van der Waals surface area contributed by atoms with Crippen LogP contribution in [-0.2, 0) is 15.7 Å². The van der Waals surface area contributed by atoms with E-state index in [2.05, 4.69) is 15.3 Å². The summed E-state index contributed by atoms with van der Waals surface area (Å²) in [5.41, 5.74) is -3.09. The molecular weight excluding hydrogens is 711 g/mol. The number of rotatable bonds is 9. The summed E-state index contributed by atoms with van der Waals surface area (Å²) in [6.07, 6.45) is 3.42. The lowest BCUT2D eigenvalue weighted by atomic mass is 9.66. The molecule has 3 aromatic rings. The number of aliphatic carboxylic acids is 1. The molecular formula is C40H49F5N4O5. The van der Waals surface area contributed by atoms with Crippen molar-refractivity contribution in [1.82, 2.24) is 19.9 Å². The van der Waals surface area contributed by atoms with Gasteiger partial charge in [0.2, 0.25) is 5.92 Å². The van der Waals surface area contributed by atoms with Crippen LogP contribution in [0.2, 0.25) is 0 Å². The van der Waals surface area contributed by atoms with Gasteiger partial charge in [0.25, 0.3) is 5.91 Å².